The van der Waals surface area contributed by atoms with Gasteiger partial charge in [-0.3, -0.25) is 0 Å². The first-order valence-corrected chi connectivity index (χ1v) is 3.87. The molecule has 0 aromatic carbocycles. The van der Waals surface area contributed by atoms with Crippen LogP contribution < -0.4 is 0 Å². The van der Waals surface area contributed by atoms with Gasteiger partial charge in [-0.15, -0.1) is 0 Å². The van der Waals surface area contributed by atoms with Crippen LogP contribution in [-0.2, 0) is 15.3 Å². The van der Waals surface area contributed by atoms with Gasteiger partial charge < -0.3 is 0 Å². The van der Waals surface area contributed by atoms with Crippen molar-refractivity contribution in [2.45, 2.75) is 13.8 Å². The molecule has 0 saturated heterocycles. The van der Waals surface area contributed by atoms with E-state index in [1.54, 1.807) is 0 Å². The highest BCUT2D eigenvalue weighted by Gasteiger charge is 1.97. The molecule has 4 nitrogen and oxygen atoms in total. The number of nitrogens with zero attached hydrogens (tertiary/aromatic N) is 1. The van der Waals surface area contributed by atoms with Gasteiger partial charge in [0.1, 0.15) is 0 Å². The summed E-state index contributed by atoms with van der Waals surface area (Å²) in [6.45, 7) is 4.81. The summed E-state index contributed by atoms with van der Waals surface area (Å²) in [4.78, 5) is 0. The Bertz CT molecular complexity index is 122. The van der Waals surface area contributed by atoms with Gasteiger partial charge in [-0.2, -0.15) is 9.35 Å². The fraction of sp³-hybridized carbons (Fsp3) is 1.00. The van der Waals surface area contributed by atoms with Gasteiger partial charge >= 0.3 is 0 Å². The first-order chi connectivity index (χ1) is 4.20. The van der Waals surface area contributed by atoms with Crippen LogP contribution in [-0.4, -0.2) is 26.6 Å². The van der Waals surface area contributed by atoms with Gasteiger partial charge in [0.2, 0.25) is 0 Å². The predicted molar refractivity (Wildman–Crippen MR) is 34.3 cm³/mol. The Kier molecular flexibility index (Phi) is 4.65. The van der Waals surface area contributed by atoms with E-state index in [0.717, 1.165) is 0 Å². The van der Waals surface area contributed by atoms with Crippen molar-refractivity contribution >= 4 is 11.0 Å². The highest BCUT2D eigenvalue weighted by Crippen LogP contribution is 1.86. The summed E-state index contributed by atoms with van der Waals surface area (Å²) in [6, 6.07) is 0. The second-order valence-electron chi connectivity index (χ2n) is 1.42. The van der Waals surface area contributed by atoms with E-state index in [1.807, 2.05) is 13.8 Å². The van der Waals surface area contributed by atoms with Crippen LogP contribution in [0.2, 0.25) is 0 Å². The summed E-state index contributed by atoms with van der Waals surface area (Å²) in [5.41, 5.74) is 0. The monoisotopic (exact) mass is 153 g/mol. The van der Waals surface area contributed by atoms with Crippen LogP contribution in [0.1, 0.15) is 13.8 Å². The molecule has 5 heteroatoms. The largest absolute Gasteiger partial charge is 0.273 e. The SMILES string of the molecule is CCN(CC)O[SH](=O)=O. The Morgan fingerprint density at radius 1 is 1.33 bits per heavy atom. The fourth-order valence-electron chi connectivity index (χ4n) is 0.433. The van der Waals surface area contributed by atoms with E-state index < -0.39 is 11.0 Å². The minimum Gasteiger partial charge on any atom is -0.201 e. The molecule has 0 aliphatic rings. The summed E-state index contributed by atoms with van der Waals surface area (Å²) < 4.78 is 24.1. The van der Waals surface area contributed by atoms with Crippen molar-refractivity contribution in [3.8, 4) is 0 Å². The average Bonchev–Trinajstić information content (AvgIpc) is 1.82. The van der Waals surface area contributed by atoms with Gasteiger partial charge in [-0.1, -0.05) is 13.8 Å². The molecule has 0 atom stereocenters. The molecule has 0 saturated carbocycles. The van der Waals surface area contributed by atoms with Crippen LogP contribution in [0.15, 0.2) is 0 Å². The van der Waals surface area contributed by atoms with Crippen LogP contribution in [0.25, 0.3) is 0 Å². The third-order valence-corrected chi connectivity index (χ3v) is 1.25. The van der Waals surface area contributed by atoms with Crippen LogP contribution >= 0.6 is 0 Å². The average molecular weight is 153 g/mol. The van der Waals surface area contributed by atoms with Crippen LogP contribution in [0, 0.1) is 0 Å². The lowest BCUT2D eigenvalue weighted by Crippen LogP contribution is -2.22. The maximum absolute atomic E-state index is 9.90. The minimum atomic E-state index is -2.73. The molecule has 0 bridgehead atoms. The fourth-order valence-corrected chi connectivity index (χ4v) is 0.853. The lowest BCUT2D eigenvalue weighted by Gasteiger charge is -2.11. The second kappa shape index (κ2) is 4.72. The van der Waals surface area contributed by atoms with Gasteiger partial charge in [0, 0.05) is 13.1 Å². The van der Waals surface area contributed by atoms with E-state index in [0.29, 0.717) is 13.1 Å². The van der Waals surface area contributed by atoms with Gasteiger partial charge in [-0.05, 0) is 0 Å². The summed E-state index contributed by atoms with van der Waals surface area (Å²) in [5.74, 6) is 0. The molecule has 0 amide bonds. The van der Waals surface area contributed by atoms with Crippen molar-refractivity contribution in [2.75, 3.05) is 13.1 Å². The summed E-state index contributed by atoms with van der Waals surface area (Å²) in [5, 5.41) is 1.35. The van der Waals surface area contributed by atoms with Crippen LogP contribution in [0.5, 0.6) is 0 Å². The lowest BCUT2D eigenvalue weighted by molar-refractivity contribution is -0.0362. The highest BCUT2D eigenvalue weighted by molar-refractivity contribution is 7.67. The molecule has 9 heavy (non-hydrogen) atoms. The van der Waals surface area contributed by atoms with E-state index >= 15 is 0 Å². The number of hydrogen-bond donors (Lipinski definition) is 1. The summed E-state index contributed by atoms with van der Waals surface area (Å²) in [7, 11) is -2.73. The Morgan fingerprint density at radius 2 is 1.78 bits per heavy atom. The molecule has 0 aromatic rings. The lowest BCUT2D eigenvalue weighted by atomic mass is 10.6. The molecule has 0 spiro atoms. The number of hydroxylamine groups is 2. The van der Waals surface area contributed by atoms with Crippen molar-refractivity contribution < 1.29 is 12.7 Å². The summed E-state index contributed by atoms with van der Waals surface area (Å²) in [6.07, 6.45) is 0. The zero-order chi connectivity index (χ0) is 7.28. The van der Waals surface area contributed by atoms with E-state index in [1.165, 1.54) is 5.06 Å². The van der Waals surface area contributed by atoms with E-state index in [2.05, 4.69) is 4.28 Å². The van der Waals surface area contributed by atoms with E-state index in [4.69, 9.17) is 0 Å². The van der Waals surface area contributed by atoms with Gasteiger partial charge in [0.25, 0.3) is 11.0 Å². The van der Waals surface area contributed by atoms with Crippen LogP contribution in [0.4, 0.5) is 0 Å². The minimum absolute atomic E-state index is 0.583. The Labute approximate surface area is 56.5 Å². The van der Waals surface area contributed by atoms with Crippen molar-refractivity contribution in [1.29, 1.82) is 0 Å². The first kappa shape index (κ1) is 8.87. The molecule has 0 N–H and O–H groups in total. The predicted octanol–water partition coefficient (Wildman–Crippen LogP) is -0.214. The number of rotatable bonds is 4. The van der Waals surface area contributed by atoms with Crippen molar-refractivity contribution in [3.63, 3.8) is 0 Å². The molecule has 0 heterocycles. The van der Waals surface area contributed by atoms with Crippen LogP contribution in [0.3, 0.4) is 0 Å². The zero-order valence-corrected chi connectivity index (χ0v) is 6.43. The van der Waals surface area contributed by atoms with E-state index in [-0.39, 0.29) is 0 Å². The smallest absolute Gasteiger partial charge is 0.201 e. The molecule has 56 valence electrons. The molecule has 0 aromatic heterocycles. The molecule has 0 fully saturated rings. The van der Waals surface area contributed by atoms with Gasteiger partial charge in [0.05, 0.1) is 0 Å². The third kappa shape index (κ3) is 4.38. The second-order valence-corrected chi connectivity index (χ2v) is 2.03. The Balaban J connectivity index is 3.55. The topological polar surface area (TPSA) is 46.6 Å². The highest BCUT2D eigenvalue weighted by atomic mass is 32.2. The Hall–Kier alpha value is -0.130. The van der Waals surface area contributed by atoms with Crippen molar-refractivity contribution in [1.82, 2.24) is 5.06 Å². The third-order valence-electron chi connectivity index (χ3n) is 0.888. The van der Waals surface area contributed by atoms with E-state index in [9.17, 15) is 8.42 Å². The first-order valence-electron chi connectivity index (χ1n) is 2.78. The van der Waals surface area contributed by atoms with Gasteiger partial charge in [0.15, 0.2) is 0 Å². The molecule has 0 aliphatic carbocycles. The van der Waals surface area contributed by atoms with Crippen molar-refractivity contribution in [3.05, 3.63) is 0 Å². The number of thiol groups is 1. The molecular weight excluding hydrogens is 142 g/mol. The maximum Gasteiger partial charge on any atom is 0.273 e. The standard InChI is InChI=1S/C4H11NO3S/c1-3-5(4-2)8-9(6)7/h9H,3-4H2,1-2H3. The van der Waals surface area contributed by atoms with Crippen molar-refractivity contribution in [2.24, 2.45) is 0 Å². The quantitative estimate of drug-likeness (QED) is 0.448. The molecule has 0 unspecified atom stereocenters. The zero-order valence-electron chi connectivity index (χ0n) is 5.53. The molecule has 0 aliphatic heterocycles. The maximum atomic E-state index is 9.90. The number of hydrogen-bond acceptors (Lipinski definition) is 4. The molecular formula is C4H11NO3S. The Morgan fingerprint density at radius 3 is 1.89 bits per heavy atom. The summed E-state index contributed by atoms with van der Waals surface area (Å²) >= 11 is 0. The normalized spacial score (nSPS) is 11.1. The van der Waals surface area contributed by atoms with Gasteiger partial charge in [-0.25, -0.2) is 8.42 Å². The molecule has 0 rings (SSSR count). The molecule has 0 radical (unpaired) electrons.